The van der Waals surface area contributed by atoms with Gasteiger partial charge in [0.05, 0.1) is 19.5 Å². The minimum atomic E-state index is -6.07. The van der Waals surface area contributed by atoms with Crippen molar-refractivity contribution in [3.63, 3.8) is 0 Å². The van der Waals surface area contributed by atoms with E-state index in [-0.39, 0.29) is 13.2 Å². The standard InChI is InChI=1S/C14H18F3NO6S2/c1-11-3-5-12(6-4-11)13(23-9-10-24-13)7-8-18(25(2,19)20)26(21,22)14(15,16)17/h3-6H,7-10H2,1-2H3. The third-order valence-corrected chi connectivity index (χ3v) is 7.43. The maximum absolute atomic E-state index is 12.8. The lowest BCUT2D eigenvalue weighted by Gasteiger charge is -2.30. The molecule has 1 fully saturated rings. The van der Waals surface area contributed by atoms with Crippen LogP contribution in [0.5, 0.6) is 0 Å². The van der Waals surface area contributed by atoms with Crippen LogP contribution in [0.3, 0.4) is 0 Å². The highest BCUT2D eigenvalue weighted by atomic mass is 32.3. The highest BCUT2D eigenvalue weighted by Gasteiger charge is 2.54. The lowest BCUT2D eigenvalue weighted by atomic mass is 10.0. The maximum atomic E-state index is 12.8. The average Bonchev–Trinajstić information content (AvgIpc) is 2.95. The number of hydrogen-bond donors (Lipinski definition) is 0. The minimum absolute atomic E-state index is 0.138. The van der Waals surface area contributed by atoms with Crippen LogP contribution in [0, 0.1) is 6.92 Å². The van der Waals surface area contributed by atoms with Gasteiger partial charge in [0.2, 0.25) is 10.0 Å². The highest BCUT2D eigenvalue weighted by Crippen LogP contribution is 2.37. The topological polar surface area (TPSA) is 90.0 Å². The number of rotatable bonds is 6. The van der Waals surface area contributed by atoms with Gasteiger partial charge in [0.25, 0.3) is 0 Å². The van der Waals surface area contributed by atoms with E-state index < -0.39 is 48.0 Å². The van der Waals surface area contributed by atoms with Gasteiger partial charge in [-0.2, -0.15) is 13.2 Å². The maximum Gasteiger partial charge on any atom is 0.512 e. The molecule has 148 valence electrons. The van der Waals surface area contributed by atoms with Gasteiger partial charge < -0.3 is 9.47 Å². The van der Waals surface area contributed by atoms with Crippen molar-refractivity contribution in [2.24, 2.45) is 0 Å². The fourth-order valence-corrected chi connectivity index (χ4v) is 5.20. The smallest absolute Gasteiger partial charge is 0.343 e. The Morgan fingerprint density at radius 3 is 2.00 bits per heavy atom. The van der Waals surface area contributed by atoms with Gasteiger partial charge in [0, 0.05) is 18.5 Å². The Hall–Kier alpha value is -1.21. The molecule has 0 aliphatic carbocycles. The first kappa shape index (κ1) is 21.1. The summed E-state index contributed by atoms with van der Waals surface area (Å²) in [6.45, 7) is 1.13. The third-order valence-electron chi connectivity index (χ3n) is 3.80. The average molecular weight is 417 g/mol. The minimum Gasteiger partial charge on any atom is -0.343 e. The van der Waals surface area contributed by atoms with Crippen molar-refractivity contribution in [1.29, 1.82) is 0 Å². The van der Waals surface area contributed by atoms with Crippen LogP contribution >= 0.6 is 0 Å². The predicted molar refractivity (Wildman–Crippen MR) is 85.9 cm³/mol. The molecule has 0 aromatic heterocycles. The van der Waals surface area contributed by atoms with Crippen LogP contribution in [-0.2, 0) is 35.3 Å². The van der Waals surface area contributed by atoms with Crippen molar-refractivity contribution in [3.05, 3.63) is 35.4 Å². The summed E-state index contributed by atoms with van der Waals surface area (Å²) < 4.78 is 95.5. The molecule has 0 atom stereocenters. The van der Waals surface area contributed by atoms with Gasteiger partial charge in [-0.05, 0) is 6.92 Å². The van der Waals surface area contributed by atoms with E-state index in [1.54, 1.807) is 24.3 Å². The lowest BCUT2D eigenvalue weighted by Crippen LogP contribution is -2.46. The fraction of sp³-hybridized carbons (Fsp3) is 0.571. The van der Waals surface area contributed by atoms with E-state index in [1.807, 2.05) is 6.92 Å². The summed E-state index contributed by atoms with van der Waals surface area (Å²) >= 11 is 0. The van der Waals surface area contributed by atoms with Gasteiger partial charge in [-0.25, -0.2) is 16.8 Å². The van der Waals surface area contributed by atoms with E-state index in [0.29, 0.717) is 11.8 Å². The number of benzene rings is 1. The molecule has 1 aliphatic rings. The summed E-state index contributed by atoms with van der Waals surface area (Å²) in [7, 11) is -10.8. The van der Waals surface area contributed by atoms with Crippen LogP contribution in [0.1, 0.15) is 17.5 Å². The summed E-state index contributed by atoms with van der Waals surface area (Å²) in [4.78, 5) is 0. The second-order valence-electron chi connectivity index (χ2n) is 5.78. The number of hydrogen-bond acceptors (Lipinski definition) is 6. The number of halogens is 3. The van der Waals surface area contributed by atoms with Crippen molar-refractivity contribution in [2.45, 2.75) is 24.6 Å². The summed E-state index contributed by atoms with van der Waals surface area (Å²) in [5, 5.41) is 0. The van der Waals surface area contributed by atoms with Crippen LogP contribution in [-0.4, -0.2) is 52.1 Å². The van der Waals surface area contributed by atoms with Crippen molar-refractivity contribution in [1.82, 2.24) is 3.71 Å². The molecule has 0 bridgehead atoms. The number of ether oxygens (including phenoxy) is 2. The molecular weight excluding hydrogens is 399 g/mol. The number of nitrogens with zero attached hydrogens (tertiary/aromatic N) is 1. The first-order valence-electron chi connectivity index (χ1n) is 7.44. The van der Waals surface area contributed by atoms with Gasteiger partial charge in [-0.15, -0.1) is 0 Å². The van der Waals surface area contributed by atoms with E-state index in [2.05, 4.69) is 0 Å². The molecule has 12 heteroatoms. The van der Waals surface area contributed by atoms with E-state index in [4.69, 9.17) is 9.47 Å². The molecule has 0 N–H and O–H groups in total. The molecule has 2 rings (SSSR count). The zero-order valence-electron chi connectivity index (χ0n) is 14.0. The second-order valence-corrected chi connectivity index (χ2v) is 9.77. The molecule has 1 heterocycles. The van der Waals surface area contributed by atoms with Crippen molar-refractivity contribution in [3.8, 4) is 0 Å². The zero-order chi connectivity index (χ0) is 19.8. The number of sulfonamides is 2. The van der Waals surface area contributed by atoms with Crippen molar-refractivity contribution in [2.75, 3.05) is 26.0 Å². The van der Waals surface area contributed by atoms with Gasteiger partial charge in [0.15, 0.2) is 5.79 Å². The van der Waals surface area contributed by atoms with Crippen molar-refractivity contribution < 1.29 is 39.5 Å². The van der Waals surface area contributed by atoms with Crippen LogP contribution in [0.15, 0.2) is 24.3 Å². The first-order chi connectivity index (χ1) is 11.8. The Kier molecular flexibility index (Phi) is 5.74. The molecule has 0 radical (unpaired) electrons. The molecule has 1 aliphatic heterocycles. The Labute approximate surface area is 149 Å². The van der Waals surface area contributed by atoms with Crippen LogP contribution in [0.2, 0.25) is 0 Å². The molecular formula is C14H18F3NO6S2. The normalized spacial score (nSPS) is 18.4. The molecule has 0 saturated carbocycles. The highest BCUT2D eigenvalue weighted by molar-refractivity contribution is 8.04. The summed E-state index contributed by atoms with van der Waals surface area (Å²) in [5.74, 6) is -1.52. The predicted octanol–water partition coefficient (Wildman–Crippen LogP) is 1.70. The van der Waals surface area contributed by atoms with Gasteiger partial charge >= 0.3 is 15.5 Å². The molecule has 0 spiro atoms. The van der Waals surface area contributed by atoms with Crippen LogP contribution in [0.25, 0.3) is 0 Å². The molecule has 1 aromatic rings. The van der Waals surface area contributed by atoms with Gasteiger partial charge in [-0.3, -0.25) is 0 Å². The molecule has 1 aromatic carbocycles. The van der Waals surface area contributed by atoms with E-state index in [9.17, 15) is 30.0 Å². The SMILES string of the molecule is Cc1ccc(C2(CCN(S(C)(=O)=O)S(=O)(=O)C(F)(F)F)OCCO2)cc1. The number of alkyl halides is 3. The number of aryl methyl sites for hydroxylation is 1. The molecule has 0 amide bonds. The second kappa shape index (κ2) is 7.08. The van der Waals surface area contributed by atoms with E-state index in [0.717, 1.165) is 5.56 Å². The molecule has 26 heavy (non-hydrogen) atoms. The van der Waals surface area contributed by atoms with Gasteiger partial charge in [0.1, 0.15) is 0 Å². The summed E-state index contributed by atoms with van der Waals surface area (Å²) in [6.07, 6.45) is -0.0381. The fourth-order valence-electron chi connectivity index (χ4n) is 2.54. The lowest BCUT2D eigenvalue weighted by molar-refractivity contribution is -0.170. The van der Waals surface area contributed by atoms with Crippen molar-refractivity contribution >= 4 is 20.0 Å². The quantitative estimate of drug-likeness (QED) is 0.700. The van der Waals surface area contributed by atoms with E-state index >= 15 is 0 Å². The Morgan fingerprint density at radius 2 is 1.58 bits per heavy atom. The van der Waals surface area contributed by atoms with Gasteiger partial charge in [-0.1, -0.05) is 33.5 Å². The molecule has 7 nitrogen and oxygen atoms in total. The van der Waals surface area contributed by atoms with Crippen LogP contribution < -0.4 is 0 Å². The largest absolute Gasteiger partial charge is 0.512 e. The Bertz CT molecular complexity index is 844. The van der Waals surface area contributed by atoms with E-state index in [1.165, 1.54) is 0 Å². The molecule has 0 unspecified atom stereocenters. The van der Waals surface area contributed by atoms with Crippen LogP contribution in [0.4, 0.5) is 13.2 Å². The summed E-state index contributed by atoms with van der Waals surface area (Å²) in [5.41, 5.74) is -4.37. The molecule has 1 saturated heterocycles. The first-order valence-corrected chi connectivity index (χ1v) is 10.7. The Morgan fingerprint density at radius 1 is 1.08 bits per heavy atom. The third kappa shape index (κ3) is 4.19. The monoisotopic (exact) mass is 417 g/mol. The summed E-state index contributed by atoms with van der Waals surface area (Å²) in [6, 6.07) is 6.71. The zero-order valence-corrected chi connectivity index (χ0v) is 15.6. The Balaban J connectivity index is 2.35.